The summed E-state index contributed by atoms with van der Waals surface area (Å²) < 4.78 is 31.1. The molecule has 54 heavy (non-hydrogen) atoms. The number of aliphatic hydroxyl groups excluding tert-OH is 1. The molecule has 5 rings (SSSR count). The van der Waals surface area contributed by atoms with Crippen molar-refractivity contribution < 1.29 is 37.9 Å². The Balaban J connectivity index is 1.32. The first-order valence-electron chi connectivity index (χ1n) is 18.0. The molecule has 5 amide bonds. The smallest absolute Gasteiger partial charge is 0.253 e. The summed E-state index contributed by atoms with van der Waals surface area (Å²) in [5.41, 5.74) is 6.66. The van der Waals surface area contributed by atoms with Gasteiger partial charge in [0.05, 0.1) is 23.7 Å². The standard InChI is InChI=1S/C39H47F2N7O6/c1-39(2,3)35(36-44-31(27-20-25(40)12-13-28(27)41)22-46(36)21-24-8-5-4-6-9-24)48(34(52)23-49)18-16-29(42)38(54)45-30-11-7-10-26(30)37(53)43-17-19-47-32(50)14-15-33(47)51/h4-6,8-9,12-15,20,22,26,29-30,35,49H,7,10-11,16-19,21,23,42H2,1-3H3,(H,43,53)(H,45,54)/t26-,29+,30+,35+/m1/s1. The lowest BCUT2D eigenvalue weighted by atomic mass is 9.84. The summed E-state index contributed by atoms with van der Waals surface area (Å²) >= 11 is 0. The zero-order chi connectivity index (χ0) is 39.2. The summed E-state index contributed by atoms with van der Waals surface area (Å²) in [6, 6.07) is 10.1. The molecule has 2 aromatic carbocycles. The number of halogens is 2. The average molecular weight is 748 g/mol. The summed E-state index contributed by atoms with van der Waals surface area (Å²) in [5.74, 6) is -3.84. The van der Waals surface area contributed by atoms with Crippen LogP contribution in [-0.4, -0.2) is 92.3 Å². The minimum absolute atomic E-state index is 0.00948. The number of imidazole rings is 1. The highest BCUT2D eigenvalue weighted by atomic mass is 19.1. The number of hydrogen-bond acceptors (Lipinski definition) is 8. The maximum absolute atomic E-state index is 15.0. The van der Waals surface area contributed by atoms with Crippen molar-refractivity contribution in [3.63, 3.8) is 0 Å². The van der Waals surface area contributed by atoms with E-state index in [-0.39, 0.29) is 49.8 Å². The molecule has 1 aliphatic heterocycles. The predicted octanol–water partition coefficient (Wildman–Crippen LogP) is 2.83. The van der Waals surface area contributed by atoms with Gasteiger partial charge in [0.2, 0.25) is 17.7 Å². The number of rotatable bonds is 15. The first-order valence-corrected chi connectivity index (χ1v) is 18.0. The van der Waals surface area contributed by atoms with Crippen LogP contribution in [0, 0.1) is 23.0 Å². The molecule has 0 unspecified atom stereocenters. The number of carbonyl (C=O) groups excluding carboxylic acids is 5. The molecule has 0 radical (unpaired) electrons. The second kappa shape index (κ2) is 17.2. The second-order valence-electron chi connectivity index (χ2n) is 14.7. The number of nitrogens with zero attached hydrogens (tertiary/aromatic N) is 4. The Labute approximate surface area is 312 Å². The van der Waals surface area contributed by atoms with Crippen molar-refractivity contribution in [1.29, 1.82) is 0 Å². The van der Waals surface area contributed by atoms with E-state index in [1.54, 1.807) is 10.8 Å². The number of amides is 5. The van der Waals surface area contributed by atoms with E-state index in [0.29, 0.717) is 25.1 Å². The van der Waals surface area contributed by atoms with Gasteiger partial charge in [0.15, 0.2) is 0 Å². The van der Waals surface area contributed by atoms with Crippen LogP contribution < -0.4 is 16.4 Å². The first kappa shape index (κ1) is 39.9. The highest BCUT2D eigenvalue weighted by Gasteiger charge is 2.39. The second-order valence-corrected chi connectivity index (χ2v) is 14.7. The maximum atomic E-state index is 15.0. The molecule has 288 valence electrons. The molecule has 0 spiro atoms. The average Bonchev–Trinajstić information content (AvgIpc) is 3.85. The number of hydrogen-bond donors (Lipinski definition) is 4. The van der Waals surface area contributed by atoms with Crippen LogP contribution in [0.2, 0.25) is 0 Å². The fraction of sp³-hybridized carbons (Fsp3) is 0.436. The third-order valence-corrected chi connectivity index (χ3v) is 9.77. The largest absolute Gasteiger partial charge is 0.387 e. The zero-order valence-corrected chi connectivity index (χ0v) is 30.6. The Kier molecular flexibility index (Phi) is 12.7. The van der Waals surface area contributed by atoms with E-state index >= 15 is 4.39 Å². The third-order valence-electron chi connectivity index (χ3n) is 9.77. The van der Waals surface area contributed by atoms with Crippen LogP contribution >= 0.6 is 0 Å². The van der Waals surface area contributed by atoms with E-state index in [4.69, 9.17) is 10.7 Å². The molecule has 1 aromatic heterocycles. The van der Waals surface area contributed by atoms with Gasteiger partial charge in [-0.15, -0.1) is 0 Å². The van der Waals surface area contributed by atoms with E-state index in [1.165, 1.54) is 17.1 Å². The van der Waals surface area contributed by atoms with E-state index in [9.17, 15) is 33.5 Å². The fourth-order valence-electron chi connectivity index (χ4n) is 7.08. The third kappa shape index (κ3) is 9.44. The minimum Gasteiger partial charge on any atom is -0.387 e. The quantitative estimate of drug-likeness (QED) is 0.172. The Hall–Kier alpha value is -5.28. The number of nitrogens with two attached hydrogens (primary N) is 1. The highest BCUT2D eigenvalue weighted by molar-refractivity contribution is 6.12. The Bertz CT molecular complexity index is 1880. The first-order chi connectivity index (χ1) is 25.7. The molecule has 2 aliphatic rings. The molecule has 3 aromatic rings. The van der Waals surface area contributed by atoms with E-state index in [2.05, 4.69) is 10.6 Å². The summed E-state index contributed by atoms with van der Waals surface area (Å²) in [6.07, 6.45) is 5.70. The van der Waals surface area contributed by atoms with Crippen molar-refractivity contribution in [2.75, 3.05) is 26.2 Å². The van der Waals surface area contributed by atoms with Crippen LogP contribution in [0.1, 0.15) is 63.9 Å². The number of nitrogens with one attached hydrogen (secondary N) is 2. The Morgan fingerprint density at radius 1 is 1.06 bits per heavy atom. The van der Waals surface area contributed by atoms with Gasteiger partial charge in [-0.05, 0) is 48.4 Å². The van der Waals surface area contributed by atoms with Gasteiger partial charge in [-0.2, -0.15) is 0 Å². The Morgan fingerprint density at radius 3 is 2.43 bits per heavy atom. The molecule has 1 fully saturated rings. The number of aromatic nitrogens is 2. The zero-order valence-electron chi connectivity index (χ0n) is 30.6. The number of benzene rings is 2. The minimum atomic E-state index is -1.09. The fourth-order valence-corrected chi connectivity index (χ4v) is 7.08. The van der Waals surface area contributed by atoms with Gasteiger partial charge in [0.1, 0.15) is 24.1 Å². The van der Waals surface area contributed by atoms with Crippen LogP contribution in [0.15, 0.2) is 66.9 Å². The van der Waals surface area contributed by atoms with Crippen LogP contribution in [-0.2, 0) is 30.5 Å². The van der Waals surface area contributed by atoms with Crippen molar-refractivity contribution >= 4 is 29.5 Å². The molecule has 2 heterocycles. The van der Waals surface area contributed by atoms with Crippen LogP contribution in [0.25, 0.3) is 11.3 Å². The van der Waals surface area contributed by atoms with Gasteiger partial charge in [0.25, 0.3) is 11.8 Å². The SMILES string of the molecule is CC(C)(C)[C@H](c1nc(-c2cc(F)ccc2F)cn1Cc1ccccc1)N(CC[C@H](N)C(=O)N[C@H]1CCC[C@H]1C(=O)NCCN1C(=O)C=CC1=O)C(=O)CO. The van der Waals surface area contributed by atoms with Gasteiger partial charge in [0, 0.05) is 56.1 Å². The molecular weight excluding hydrogens is 700 g/mol. The van der Waals surface area contributed by atoms with Crippen molar-refractivity contribution in [1.82, 2.24) is 30.0 Å². The lowest BCUT2D eigenvalue weighted by Gasteiger charge is -2.40. The summed E-state index contributed by atoms with van der Waals surface area (Å²) in [6.45, 7) is 5.14. The molecule has 0 bridgehead atoms. The van der Waals surface area contributed by atoms with Gasteiger partial charge < -0.3 is 30.9 Å². The van der Waals surface area contributed by atoms with E-state index < -0.39 is 71.3 Å². The van der Waals surface area contributed by atoms with E-state index in [1.807, 2.05) is 51.1 Å². The number of imide groups is 1. The molecule has 1 aliphatic carbocycles. The van der Waals surface area contributed by atoms with Gasteiger partial charge >= 0.3 is 0 Å². The topological polar surface area (TPSA) is 180 Å². The Morgan fingerprint density at radius 2 is 1.76 bits per heavy atom. The van der Waals surface area contributed by atoms with Crippen molar-refractivity contribution in [2.45, 2.75) is 71.1 Å². The molecule has 15 heteroatoms. The molecule has 0 saturated heterocycles. The van der Waals surface area contributed by atoms with Crippen molar-refractivity contribution in [3.05, 3.63) is 89.9 Å². The molecule has 5 N–H and O–H groups in total. The molecule has 1 saturated carbocycles. The lowest BCUT2D eigenvalue weighted by Crippen LogP contribution is -2.51. The van der Waals surface area contributed by atoms with Gasteiger partial charge in [-0.3, -0.25) is 28.9 Å². The highest BCUT2D eigenvalue weighted by Crippen LogP contribution is 2.39. The monoisotopic (exact) mass is 747 g/mol. The summed E-state index contributed by atoms with van der Waals surface area (Å²) in [5, 5.41) is 15.8. The van der Waals surface area contributed by atoms with Gasteiger partial charge in [-0.1, -0.05) is 57.5 Å². The summed E-state index contributed by atoms with van der Waals surface area (Å²) in [4.78, 5) is 70.8. The van der Waals surface area contributed by atoms with Crippen molar-refractivity contribution in [3.8, 4) is 11.3 Å². The molecule has 4 atom stereocenters. The van der Waals surface area contributed by atoms with Crippen LogP contribution in [0.5, 0.6) is 0 Å². The normalized spacial score (nSPS) is 18.2. The maximum Gasteiger partial charge on any atom is 0.253 e. The summed E-state index contributed by atoms with van der Waals surface area (Å²) in [7, 11) is 0. The lowest BCUT2D eigenvalue weighted by molar-refractivity contribution is -0.140. The van der Waals surface area contributed by atoms with Crippen molar-refractivity contribution in [2.24, 2.45) is 17.1 Å². The van der Waals surface area contributed by atoms with Crippen LogP contribution in [0.4, 0.5) is 8.78 Å². The van der Waals surface area contributed by atoms with E-state index in [0.717, 1.165) is 28.7 Å². The molecular formula is C39H47F2N7O6. The van der Waals surface area contributed by atoms with Crippen LogP contribution in [0.3, 0.4) is 0 Å². The number of carbonyl (C=O) groups is 5. The number of aliphatic hydroxyl groups is 1. The molecule has 13 nitrogen and oxygen atoms in total. The predicted molar refractivity (Wildman–Crippen MR) is 195 cm³/mol. The van der Waals surface area contributed by atoms with Gasteiger partial charge in [-0.25, -0.2) is 13.8 Å².